The molecule has 2 N–H and O–H groups in total. The van der Waals surface area contributed by atoms with E-state index in [0.717, 1.165) is 6.54 Å². The predicted octanol–water partition coefficient (Wildman–Crippen LogP) is 0.944. The highest BCUT2D eigenvalue weighted by atomic mass is 35.5. The third-order valence-corrected chi connectivity index (χ3v) is 2.43. The molecule has 2 rings (SSSR count). The van der Waals surface area contributed by atoms with Crippen LogP contribution in [0.5, 0.6) is 0 Å². The molecular weight excluding hydrogens is 183 g/mol. The van der Waals surface area contributed by atoms with Crippen molar-refractivity contribution in [3.05, 3.63) is 0 Å². The molecule has 1 atom stereocenters. The molecule has 4 heteroatoms. The Bertz CT molecular complexity index is 116. The quantitative estimate of drug-likeness (QED) is 0.606. The Labute approximate surface area is 80.3 Å². The molecule has 1 saturated heterocycles. The van der Waals surface area contributed by atoms with Crippen LogP contribution in [0.2, 0.25) is 0 Å². The zero-order chi connectivity index (χ0) is 6.32. The molecule has 1 spiro atoms. The van der Waals surface area contributed by atoms with E-state index in [1.807, 2.05) is 0 Å². The average molecular weight is 199 g/mol. The van der Waals surface area contributed by atoms with Crippen molar-refractivity contribution in [2.45, 2.75) is 31.3 Å². The minimum absolute atomic E-state index is 0. The van der Waals surface area contributed by atoms with Crippen LogP contribution in [0.1, 0.15) is 19.8 Å². The van der Waals surface area contributed by atoms with Gasteiger partial charge in [-0.15, -0.1) is 24.8 Å². The van der Waals surface area contributed by atoms with Gasteiger partial charge in [0.25, 0.3) is 0 Å². The second kappa shape index (κ2) is 3.94. The Hall–Kier alpha value is 0.500. The molecule has 0 aromatic heterocycles. The Morgan fingerprint density at radius 1 is 1.27 bits per heavy atom. The molecule has 1 aliphatic heterocycles. The van der Waals surface area contributed by atoms with Crippen molar-refractivity contribution in [2.75, 3.05) is 13.1 Å². The maximum atomic E-state index is 3.56. The largest absolute Gasteiger partial charge is 0.311 e. The average Bonchev–Trinajstić information content (AvgIpc) is 2.60. The van der Waals surface area contributed by atoms with Crippen LogP contribution in [0.3, 0.4) is 0 Å². The Morgan fingerprint density at radius 2 is 1.91 bits per heavy atom. The summed E-state index contributed by atoms with van der Waals surface area (Å²) in [5, 5.41) is 7.03. The number of halogens is 2. The summed E-state index contributed by atoms with van der Waals surface area (Å²) < 4.78 is 0. The normalized spacial score (nSPS) is 31.9. The van der Waals surface area contributed by atoms with Gasteiger partial charge >= 0.3 is 0 Å². The molecule has 1 saturated carbocycles. The molecular formula is C7H16Cl2N2. The van der Waals surface area contributed by atoms with Gasteiger partial charge in [0.1, 0.15) is 0 Å². The van der Waals surface area contributed by atoms with Gasteiger partial charge in [0.2, 0.25) is 0 Å². The van der Waals surface area contributed by atoms with Crippen LogP contribution in [0, 0.1) is 0 Å². The van der Waals surface area contributed by atoms with E-state index >= 15 is 0 Å². The highest BCUT2D eigenvalue weighted by Crippen LogP contribution is 2.35. The minimum atomic E-state index is 0. The summed E-state index contributed by atoms with van der Waals surface area (Å²) >= 11 is 0. The third-order valence-electron chi connectivity index (χ3n) is 2.43. The SMILES string of the molecule is C[C@H]1CNC2(CC2)CN1.Cl.Cl. The van der Waals surface area contributed by atoms with E-state index in [4.69, 9.17) is 0 Å². The molecule has 0 bridgehead atoms. The zero-order valence-corrected chi connectivity index (χ0v) is 8.36. The summed E-state index contributed by atoms with van der Waals surface area (Å²) in [6.45, 7) is 4.57. The molecule has 2 aliphatic rings. The highest BCUT2D eigenvalue weighted by Gasteiger charge is 2.43. The molecule has 1 aliphatic carbocycles. The van der Waals surface area contributed by atoms with Crippen LogP contribution in [0.4, 0.5) is 0 Å². The van der Waals surface area contributed by atoms with Crippen molar-refractivity contribution in [3.63, 3.8) is 0 Å². The van der Waals surface area contributed by atoms with Gasteiger partial charge in [-0.3, -0.25) is 0 Å². The molecule has 2 fully saturated rings. The lowest BCUT2D eigenvalue weighted by Crippen LogP contribution is -2.54. The Kier molecular flexibility index (Phi) is 4.12. The number of piperazine rings is 1. The molecule has 0 unspecified atom stereocenters. The van der Waals surface area contributed by atoms with Crippen LogP contribution in [0.15, 0.2) is 0 Å². The van der Waals surface area contributed by atoms with Crippen molar-refractivity contribution in [3.8, 4) is 0 Å². The van der Waals surface area contributed by atoms with Crippen LogP contribution < -0.4 is 10.6 Å². The Morgan fingerprint density at radius 3 is 2.27 bits per heavy atom. The molecule has 0 aromatic rings. The van der Waals surface area contributed by atoms with Crippen LogP contribution in [0.25, 0.3) is 0 Å². The second-order valence-electron chi connectivity index (χ2n) is 3.44. The highest BCUT2D eigenvalue weighted by molar-refractivity contribution is 5.85. The lowest BCUT2D eigenvalue weighted by Gasteiger charge is -2.28. The molecule has 68 valence electrons. The van der Waals surface area contributed by atoms with Crippen LogP contribution >= 0.6 is 24.8 Å². The Balaban J connectivity index is 0.000000500. The van der Waals surface area contributed by atoms with E-state index in [1.165, 1.54) is 19.4 Å². The summed E-state index contributed by atoms with van der Waals surface area (Å²) in [5.41, 5.74) is 0.548. The molecule has 1 heterocycles. The molecule has 0 aromatic carbocycles. The minimum Gasteiger partial charge on any atom is -0.311 e. The summed E-state index contributed by atoms with van der Waals surface area (Å²) in [6, 6.07) is 0.677. The van der Waals surface area contributed by atoms with E-state index < -0.39 is 0 Å². The van der Waals surface area contributed by atoms with Gasteiger partial charge in [0, 0.05) is 24.7 Å². The molecule has 11 heavy (non-hydrogen) atoms. The van der Waals surface area contributed by atoms with E-state index in [1.54, 1.807) is 0 Å². The topological polar surface area (TPSA) is 24.1 Å². The van der Waals surface area contributed by atoms with E-state index in [2.05, 4.69) is 17.6 Å². The van der Waals surface area contributed by atoms with Crippen LogP contribution in [-0.2, 0) is 0 Å². The zero-order valence-electron chi connectivity index (χ0n) is 6.72. The van der Waals surface area contributed by atoms with Crippen molar-refractivity contribution >= 4 is 24.8 Å². The maximum Gasteiger partial charge on any atom is 0.0308 e. The van der Waals surface area contributed by atoms with E-state index in [-0.39, 0.29) is 24.8 Å². The molecule has 0 amide bonds. The van der Waals surface area contributed by atoms with E-state index in [9.17, 15) is 0 Å². The fraction of sp³-hybridized carbons (Fsp3) is 1.00. The standard InChI is InChI=1S/C7H14N2.2ClH/c1-6-4-9-7(2-3-7)5-8-6;;/h6,8-9H,2-5H2,1H3;2*1H/t6-;;/m0../s1. The monoisotopic (exact) mass is 198 g/mol. The smallest absolute Gasteiger partial charge is 0.0308 e. The van der Waals surface area contributed by atoms with Gasteiger partial charge in [-0.2, -0.15) is 0 Å². The first-order chi connectivity index (χ1) is 4.31. The van der Waals surface area contributed by atoms with E-state index in [0.29, 0.717) is 11.6 Å². The van der Waals surface area contributed by atoms with Crippen molar-refractivity contribution in [1.29, 1.82) is 0 Å². The van der Waals surface area contributed by atoms with Crippen molar-refractivity contribution in [1.82, 2.24) is 10.6 Å². The predicted molar refractivity (Wildman–Crippen MR) is 51.9 cm³/mol. The number of hydrogen-bond acceptors (Lipinski definition) is 2. The third kappa shape index (κ3) is 2.48. The number of rotatable bonds is 0. The molecule has 2 nitrogen and oxygen atoms in total. The van der Waals surface area contributed by atoms with Gasteiger partial charge < -0.3 is 10.6 Å². The maximum absolute atomic E-state index is 3.56. The first kappa shape index (κ1) is 11.5. The summed E-state index contributed by atoms with van der Waals surface area (Å²) in [7, 11) is 0. The van der Waals surface area contributed by atoms with Gasteiger partial charge in [-0.1, -0.05) is 0 Å². The summed E-state index contributed by atoms with van der Waals surface area (Å²) in [5.74, 6) is 0. The fourth-order valence-electron chi connectivity index (χ4n) is 1.38. The number of nitrogens with one attached hydrogen (secondary N) is 2. The van der Waals surface area contributed by atoms with Crippen molar-refractivity contribution in [2.24, 2.45) is 0 Å². The lowest BCUT2D eigenvalue weighted by molar-refractivity contribution is 0.346. The summed E-state index contributed by atoms with van der Waals surface area (Å²) in [6.07, 6.45) is 2.76. The van der Waals surface area contributed by atoms with Crippen LogP contribution in [-0.4, -0.2) is 24.7 Å². The summed E-state index contributed by atoms with van der Waals surface area (Å²) in [4.78, 5) is 0. The first-order valence-corrected chi connectivity index (χ1v) is 3.79. The van der Waals surface area contributed by atoms with Gasteiger partial charge in [0.05, 0.1) is 0 Å². The van der Waals surface area contributed by atoms with Gasteiger partial charge in [-0.05, 0) is 19.8 Å². The molecule has 0 radical (unpaired) electrons. The lowest BCUT2D eigenvalue weighted by atomic mass is 10.1. The second-order valence-corrected chi connectivity index (χ2v) is 3.44. The fourth-order valence-corrected chi connectivity index (χ4v) is 1.38. The number of hydrogen-bond donors (Lipinski definition) is 2. The van der Waals surface area contributed by atoms with Crippen molar-refractivity contribution < 1.29 is 0 Å². The van der Waals surface area contributed by atoms with Gasteiger partial charge in [0.15, 0.2) is 0 Å². The first-order valence-electron chi connectivity index (χ1n) is 3.79. The van der Waals surface area contributed by atoms with Gasteiger partial charge in [-0.25, -0.2) is 0 Å².